The lowest BCUT2D eigenvalue weighted by molar-refractivity contribution is -0.119. The maximum absolute atomic E-state index is 11.4. The predicted molar refractivity (Wildman–Crippen MR) is 62.8 cm³/mol. The molecule has 0 radical (unpaired) electrons. The van der Waals surface area contributed by atoms with E-state index in [9.17, 15) is 4.79 Å². The molecule has 1 nitrogen and oxygen atoms in total. The lowest BCUT2D eigenvalue weighted by Gasteiger charge is -2.11. The van der Waals surface area contributed by atoms with Gasteiger partial charge in [0.15, 0.2) is 0 Å². The van der Waals surface area contributed by atoms with Crippen LogP contribution >= 0.6 is 11.6 Å². The second-order valence-corrected chi connectivity index (χ2v) is 4.34. The van der Waals surface area contributed by atoms with Gasteiger partial charge in [0.2, 0.25) is 0 Å². The summed E-state index contributed by atoms with van der Waals surface area (Å²) in [5.41, 5.74) is 2.29. The molecule has 1 unspecified atom stereocenters. The number of carbonyl (C=O) groups excluding carboxylic acids is 1. The molecule has 0 heterocycles. The maximum atomic E-state index is 11.4. The van der Waals surface area contributed by atoms with E-state index in [0.717, 1.165) is 23.4 Å². The number of hydrogen-bond donors (Lipinski definition) is 0. The Labute approximate surface area is 94.8 Å². The van der Waals surface area contributed by atoms with Crippen LogP contribution < -0.4 is 0 Å². The minimum Gasteiger partial charge on any atom is -0.299 e. The van der Waals surface area contributed by atoms with Crippen LogP contribution in [0.15, 0.2) is 30.3 Å². The van der Waals surface area contributed by atoms with Crippen LogP contribution in [0.5, 0.6) is 0 Å². The van der Waals surface area contributed by atoms with Crippen molar-refractivity contribution < 1.29 is 4.79 Å². The van der Waals surface area contributed by atoms with Crippen molar-refractivity contribution in [2.75, 3.05) is 0 Å². The van der Waals surface area contributed by atoms with Gasteiger partial charge >= 0.3 is 0 Å². The van der Waals surface area contributed by atoms with Gasteiger partial charge in [0.25, 0.3) is 0 Å². The number of benzene rings is 1. The van der Waals surface area contributed by atoms with Crippen LogP contribution in [0.3, 0.4) is 0 Å². The quantitative estimate of drug-likeness (QED) is 0.743. The molecule has 0 amide bonds. The first kappa shape index (κ1) is 10.4. The first-order valence-corrected chi connectivity index (χ1v) is 5.52. The third-order valence-corrected chi connectivity index (χ3v) is 3.12. The maximum Gasteiger partial charge on any atom is 0.137 e. The fraction of sp³-hybridized carbons (Fsp3) is 0.308. The van der Waals surface area contributed by atoms with Crippen LogP contribution in [-0.4, -0.2) is 5.78 Å². The molecule has 0 aliphatic heterocycles. The molecule has 1 aromatic rings. The standard InChI is InChI=1S/C13H13ClO/c1-9(15)12-3-2-4-13(12)10-5-7-11(14)8-6-10/h4-8,12H,2-3H2,1H3. The van der Waals surface area contributed by atoms with Gasteiger partial charge in [-0.2, -0.15) is 0 Å². The summed E-state index contributed by atoms with van der Waals surface area (Å²) in [6.45, 7) is 1.67. The Hall–Kier alpha value is -1.08. The first-order valence-electron chi connectivity index (χ1n) is 5.15. The smallest absolute Gasteiger partial charge is 0.137 e. The van der Waals surface area contributed by atoms with Gasteiger partial charge in [-0.05, 0) is 43.0 Å². The molecule has 1 aromatic carbocycles. The molecule has 2 heteroatoms. The Morgan fingerprint density at radius 1 is 1.33 bits per heavy atom. The first-order chi connectivity index (χ1) is 7.18. The molecule has 1 aliphatic carbocycles. The van der Waals surface area contributed by atoms with Crippen LogP contribution in [0.25, 0.3) is 5.57 Å². The third kappa shape index (κ3) is 2.13. The fourth-order valence-electron chi connectivity index (χ4n) is 2.09. The summed E-state index contributed by atoms with van der Waals surface area (Å²) in [4.78, 5) is 11.4. The summed E-state index contributed by atoms with van der Waals surface area (Å²) >= 11 is 5.83. The minimum absolute atomic E-state index is 0.0891. The number of carbonyl (C=O) groups is 1. The SMILES string of the molecule is CC(=O)C1CCC=C1c1ccc(Cl)cc1. The van der Waals surface area contributed by atoms with Gasteiger partial charge in [0.1, 0.15) is 5.78 Å². The number of ketones is 1. The monoisotopic (exact) mass is 220 g/mol. The van der Waals surface area contributed by atoms with Crippen LogP contribution in [0.2, 0.25) is 5.02 Å². The molecule has 0 saturated heterocycles. The Morgan fingerprint density at radius 2 is 2.00 bits per heavy atom. The molecule has 1 aliphatic rings. The van der Waals surface area contributed by atoms with E-state index in [2.05, 4.69) is 6.08 Å². The average molecular weight is 221 g/mol. The second kappa shape index (κ2) is 4.19. The van der Waals surface area contributed by atoms with E-state index in [1.165, 1.54) is 5.57 Å². The van der Waals surface area contributed by atoms with Crippen molar-refractivity contribution in [2.45, 2.75) is 19.8 Å². The average Bonchev–Trinajstić information content (AvgIpc) is 2.67. The van der Waals surface area contributed by atoms with E-state index in [1.54, 1.807) is 6.92 Å². The lowest BCUT2D eigenvalue weighted by Crippen LogP contribution is -2.08. The number of halogens is 1. The van der Waals surface area contributed by atoms with Gasteiger partial charge in [-0.15, -0.1) is 0 Å². The number of Topliss-reactive ketones (excluding diaryl/α,β-unsaturated/α-hetero) is 1. The van der Waals surface area contributed by atoms with Gasteiger partial charge in [0.05, 0.1) is 0 Å². The molecule has 0 bridgehead atoms. The van der Waals surface area contributed by atoms with Crippen LogP contribution in [0, 0.1) is 5.92 Å². The molecule has 0 N–H and O–H groups in total. The van der Waals surface area contributed by atoms with Gasteiger partial charge in [0, 0.05) is 10.9 Å². The van der Waals surface area contributed by atoms with E-state index in [-0.39, 0.29) is 11.7 Å². The number of hydrogen-bond acceptors (Lipinski definition) is 1. The largest absolute Gasteiger partial charge is 0.299 e. The zero-order chi connectivity index (χ0) is 10.8. The Morgan fingerprint density at radius 3 is 2.60 bits per heavy atom. The zero-order valence-electron chi connectivity index (χ0n) is 8.66. The summed E-state index contributed by atoms with van der Waals surface area (Å²) in [5.74, 6) is 0.347. The summed E-state index contributed by atoms with van der Waals surface area (Å²) in [5, 5.41) is 0.733. The van der Waals surface area contributed by atoms with E-state index < -0.39 is 0 Å². The summed E-state index contributed by atoms with van der Waals surface area (Å²) in [6, 6.07) is 7.70. The molecule has 15 heavy (non-hydrogen) atoms. The normalized spacial score (nSPS) is 20.1. The van der Waals surface area contributed by atoms with Crippen molar-refractivity contribution in [3.8, 4) is 0 Å². The molecular weight excluding hydrogens is 208 g/mol. The molecular formula is C13H13ClO. The van der Waals surface area contributed by atoms with Crippen molar-refractivity contribution in [2.24, 2.45) is 5.92 Å². The van der Waals surface area contributed by atoms with Crippen LogP contribution in [0.4, 0.5) is 0 Å². The van der Waals surface area contributed by atoms with Crippen molar-refractivity contribution >= 4 is 23.0 Å². The fourth-order valence-corrected chi connectivity index (χ4v) is 2.21. The van der Waals surface area contributed by atoms with Crippen molar-refractivity contribution in [3.05, 3.63) is 40.9 Å². The lowest BCUT2D eigenvalue weighted by atomic mass is 9.92. The van der Waals surface area contributed by atoms with Gasteiger partial charge in [-0.1, -0.05) is 29.8 Å². The highest BCUT2D eigenvalue weighted by molar-refractivity contribution is 6.30. The van der Waals surface area contributed by atoms with Gasteiger partial charge in [-0.3, -0.25) is 4.79 Å². The van der Waals surface area contributed by atoms with E-state index in [4.69, 9.17) is 11.6 Å². The molecule has 0 fully saturated rings. The molecule has 1 atom stereocenters. The highest BCUT2D eigenvalue weighted by atomic mass is 35.5. The van der Waals surface area contributed by atoms with Crippen molar-refractivity contribution in [1.82, 2.24) is 0 Å². The minimum atomic E-state index is 0.0891. The second-order valence-electron chi connectivity index (χ2n) is 3.91. The third-order valence-electron chi connectivity index (χ3n) is 2.86. The van der Waals surface area contributed by atoms with Crippen LogP contribution in [0.1, 0.15) is 25.3 Å². The van der Waals surface area contributed by atoms with Gasteiger partial charge in [-0.25, -0.2) is 0 Å². The summed E-state index contributed by atoms with van der Waals surface area (Å²) in [6.07, 6.45) is 4.12. The Kier molecular flexibility index (Phi) is 2.92. The molecule has 2 rings (SSSR count). The number of rotatable bonds is 2. The molecule has 0 aromatic heterocycles. The summed E-state index contributed by atoms with van der Waals surface area (Å²) in [7, 11) is 0. The van der Waals surface area contributed by atoms with Crippen molar-refractivity contribution in [3.63, 3.8) is 0 Å². The topological polar surface area (TPSA) is 17.1 Å². The van der Waals surface area contributed by atoms with Gasteiger partial charge < -0.3 is 0 Å². The van der Waals surface area contributed by atoms with Crippen molar-refractivity contribution in [1.29, 1.82) is 0 Å². The Bertz CT molecular complexity index is 403. The van der Waals surface area contributed by atoms with Crippen LogP contribution in [-0.2, 0) is 4.79 Å². The molecule has 78 valence electrons. The molecule has 0 saturated carbocycles. The van der Waals surface area contributed by atoms with E-state index in [1.807, 2.05) is 24.3 Å². The Balaban J connectivity index is 2.30. The highest BCUT2D eigenvalue weighted by Gasteiger charge is 2.23. The predicted octanol–water partition coefficient (Wildman–Crippen LogP) is 3.72. The van der Waals surface area contributed by atoms with E-state index in [0.29, 0.717) is 0 Å². The number of allylic oxidation sites excluding steroid dienone is 2. The summed E-state index contributed by atoms with van der Waals surface area (Å²) < 4.78 is 0. The highest BCUT2D eigenvalue weighted by Crippen LogP contribution is 2.34. The van der Waals surface area contributed by atoms with E-state index >= 15 is 0 Å². The zero-order valence-corrected chi connectivity index (χ0v) is 9.42. The molecule has 0 spiro atoms.